The van der Waals surface area contributed by atoms with Crippen molar-refractivity contribution in [1.29, 1.82) is 0 Å². The van der Waals surface area contributed by atoms with Crippen molar-refractivity contribution in [3.8, 4) is 0 Å². The summed E-state index contributed by atoms with van der Waals surface area (Å²) in [5.41, 5.74) is 1.52. The molecule has 4 nitrogen and oxygen atoms in total. The second kappa shape index (κ2) is 7.83. The van der Waals surface area contributed by atoms with Gasteiger partial charge in [-0.15, -0.1) is 0 Å². The molecule has 1 atom stereocenters. The third-order valence-electron chi connectivity index (χ3n) is 4.39. The fourth-order valence-corrected chi connectivity index (χ4v) is 4.80. The lowest BCUT2D eigenvalue weighted by atomic mass is 10.1. The lowest BCUT2D eigenvalue weighted by Gasteiger charge is -2.27. The highest BCUT2D eigenvalue weighted by Crippen LogP contribution is 2.21. The largest absolute Gasteiger partial charge is 0.331 e. The maximum absolute atomic E-state index is 13.5. The number of halogens is 1. The van der Waals surface area contributed by atoms with Gasteiger partial charge in [0.05, 0.1) is 11.5 Å². The molecule has 6 heteroatoms. The first-order valence-electron chi connectivity index (χ1n) is 8.41. The van der Waals surface area contributed by atoms with Gasteiger partial charge in [-0.05, 0) is 35.8 Å². The fourth-order valence-electron chi connectivity index (χ4n) is 3.07. The van der Waals surface area contributed by atoms with E-state index in [9.17, 15) is 17.6 Å². The van der Waals surface area contributed by atoms with E-state index in [4.69, 9.17) is 0 Å². The van der Waals surface area contributed by atoms with E-state index < -0.39 is 15.9 Å². The monoisotopic (exact) mass is 373 g/mol. The predicted molar refractivity (Wildman–Crippen MR) is 99.5 cm³/mol. The van der Waals surface area contributed by atoms with E-state index in [1.807, 2.05) is 30.3 Å². The summed E-state index contributed by atoms with van der Waals surface area (Å²) < 4.78 is 37.2. The minimum Gasteiger partial charge on any atom is -0.331 e. The maximum Gasteiger partial charge on any atom is 0.247 e. The van der Waals surface area contributed by atoms with Crippen LogP contribution in [-0.4, -0.2) is 36.8 Å². The minimum atomic E-state index is -3.13. The molecule has 1 fully saturated rings. The van der Waals surface area contributed by atoms with Gasteiger partial charge in [0.1, 0.15) is 5.82 Å². The molecule has 0 spiro atoms. The number of nitrogens with zero attached hydrogens (tertiary/aromatic N) is 1. The minimum absolute atomic E-state index is 0.0484. The lowest BCUT2D eigenvalue weighted by Crippen LogP contribution is -2.39. The summed E-state index contributed by atoms with van der Waals surface area (Å²) in [5.74, 6) is -0.630. The number of carbonyl (C=O) groups excluding carboxylic acids is 1. The van der Waals surface area contributed by atoms with E-state index in [0.29, 0.717) is 12.0 Å². The Bertz CT molecular complexity index is 910. The highest BCUT2D eigenvalue weighted by molar-refractivity contribution is 7.91. The van der Waals surface area contributed by atoms with Gasteiger partial charge in [0, 0.05) is 18.7 Å². The van der Waals surface area contributed by atoms with Crippen LogP contribution in [0.3, 0.4) is 0 Å². The molecule has 2 aromatic rings. The lowest BCUT2D eigenvalue weighted by molar-refractivity contribution is -0.128. The molecule has 1 aliphatic rings. The van der Waals surface area contributed by atoms with Crippen molar-refractivity contribution in [2.75, 3.05) is 11.5 Å². The Labute approximate surface area is 152 Å². The van der Waals surface area contributed by atoms with Gasteiger partial charge in [-0.3, -0.25) is 4.79 Å². The van der Waals surface area contributed by atoms with Gasteiger partial charge in [-0.25, -0.2) is 12.8 Å². The molecule has 0 radical (unpaired) electrons. The molecule has 0 bridgehead atoms. The average molecular weight is 373 g/mol. The molecule has 1 saturated heterocycles. The third kappa shape index (κ3) is 4.79. The summed E-state index contributed by atoms with van der Waals surface area (Å²) in [7, 11) is -3.13. The van der Waals surface area contributed by atoms with Crippen molar-refractivity contribution in [1.82, 2.24) is 4.90 Å². The van der Waals surface area contributed by atoms with Crippen LogP contribution >= 0.6 is 0 Å². The summed E-state index contributed by atoms with van der Waals surface area (Å²) >= 11 is 0. The zero-order valence-corrected chi connectivity index (χ0v) is 15.0. The van der Waals surface area contributed by atoms with Gasteiger partial charge in [0.15, 0.2) is 9.84 Å². The van der Waals surface area contributed by atoms with Crippen molar-refractivity contribution in [2.45, 2.75) is 19.0 Å². The Kier molecular flexibility index (Phi) is 5.52. The van der Waals surface area contributed by atoms with Crippen LogP contribution in [0.2, 0.25) is 0 Å². The zero-order chi connectivity index (χ0) is 18.6. The van der Waals surface area contributed by atoms with Crippen LogP contribution in [-0.2, 0) is 21.2 Å². The van der Waals surface area contributed by atoms with Crippen LogP contribution in [0.4, 0.5) is 4.39 Å². The van der Waals surface area contributed by atoms with E-state index in [2.05, 4.69) is 0 Å². The molecule has 0 aromatic heterocycles. The van der Waals surface area contributed by atoms with Gasteiger partial charge in [-0.1, -0.05) is 42.5 Å². The molecule has 1 amide bonds. The van der Waals surface area contributed by atoms with Gasteiger partial charge in [-0.2, -0.15) is 0 Å². The Morgan fingerprint density at radius 1 is 1.15 bits per heavy atom. The summed E-state index contributed by atoms with van der Waals surface area (Å²) in [4.78, 5) is 14.3. The van der Waals surface area contributed by atoms with E-state index in [-0.39, 0.29) is 29.8 Å². The van der Waals surface area contributed by atoms with Crippen LogP contribution in [0.1, 0.15) is 17.5 Å². The van der Waals surface area contributed by atoms with Crippen molar-refractivity contribution >= 4 is 21.8 Å². The standard InChI is InChI=1S/C20H20FNO3S/c21-18-8-4-7-17(13-18)14-22(19-11-12-26(24,25)15-19)20(23)10-9-16-5-2-1-3-6-16/h1-10,13,19H,11-12,14-15H2/b10-9+/t19-/m0/s1. The van der Waals surface area contributed by atoms with E-state index in [0.717, 1.165) is 5.56 Å². The van der Waals surface area contributed by atoms with Gasteiger partial charge < -0.3 is 4.90 Å². The molecule has 1 aliphatic heterocycles. The molecule has 0 N–H and O–H groups in total. The number of hydrogen-bond acceptors (Lipinski definition) is 3. The van der Waals surface area contributed by atoms with Crippen LogP contribution in [0.5, 0.6) is 0 Å². The van der Waals surface area contributed by atoms with Crippen LogP contribution in [0.25, 0.3) is 6.08 Å². The molecule has 0 unspecified atom stereocenters. The summed E-state index contributed by atoms with van der Waals surface area (Å²) in [6, 6.07) is 15.0. The number of carbonyl (C=O) groups is 1. The summed E-state index contributed by atoms with van der Waals surface area (Å²) in [5, 5.41) is 0. The van der Waals surface area contributed by atoms with Crippen LogP contribution in [0.15, 0.2) is 60.7 Å². The molecule has 2 aromatic carbocycles. The van der Waals surface area contributed by atoms with Crippen molar-refractivity contribution < 1.29 is 17.6 Å². The molecule has 26 heavy (non-hydrogen) atoms. The molecular weight excluding hydrogens is 353 g/mol. The predicted octanol–water partition coefficient (Wildman–Crippen LogP) is 3.05. The average Bonchev–Trinajstić information content (AvgIpc) is 2.98. The Hall–Kier alpha value is -2.47. The number of sulfone groups is 1. The van der Waals surface area contributed by atoms with Crippen LogP contribution in [0, 0.1) is 5.82 Å². The van der Waals surface area contributed by atoms with Crippen LogP contribution < -0.4 is 0 Å². The maximum atomic E-state index is 13.5. The van der Waals surface area contributed by atoms with Gasteiger partial charge in [0.25, 0.3) is 0 Å². The molecule has 136 valence electrons. The number of hydrogen-bond donors (Lipinski definition) is 0. The fraction of sp³-hybridized carbons (Fsp3) is 0.250. The number of benzene rings is 2. The highest BCUT2D eigenvalue weighted by atomic mass is 32.2. The normalized spacial score (nSPS) is 18.9. The second-order valence-corrected chi connectivity index (χ2v) is 8.63. The highest BCUT2D eigenvalue weighted by Gasteiger charge is 2.34. The van der Waals surface area contributed by atoms with E-state index >= 15 is 0 Å². The Morgan fingerprint density at radius 2 is 1.92 bits per heavy atom. The molecule has 3 rings (SSSR count). The first-order chi connectivity index (χ1) is 12.4. The van der Waals surface area contributed by atoms with Gasteiger partial charge >= 0.3 is 0 Å². The second-order valence-electron chi connectivity index (χ2n) is 6.40. The number of amides is 1. The van der Waals surface area contributed by atoms with E-state index in [1.54, 1.807) is 18.2 Å². The summed E-state index contributed by atoms with van der Waals surface area (Å²) in [6.07, 6.45) is 3.55. The van der Waals surface area contributed by atoms with Crippen molar-refractivity contribution in [3.63, 3.8) is 0 Å². The Morgan fingerprint density at radius 3 is 2.58 bits per heavy atom. The smallest absolute Gasteiger partial charge is 0.247 e. The molecule has 1 heterocycles. The third-order valence-corrected chi connectivity index (χ3v) is 6.14. The van der Waals surface area contributed by atoms with Gasteiger partial charge in [0.2, 0.25) is 5.91 Å². The zero-order valence-electron chi connectivity index (χ0n) is 14.2. The molecule has 0 aliphatic carbocycles. The van der Waals surface area contributed by atoms with Crippen molar-refractivity contribution in [3.05, 3.63) is 77.6 Å². The van der Waals surface area contributed by atoms with Crippen molar-refractivity contribution in [2.24, 2.45) is 0 Å². The molecular formula is C20H20FNO3S. The topological polar surface area (TPSA) is 54.5 Å². The molecule has 0 saturated carbocycles. The summed E-state index contributed by atoms with van der Waals surface area (Å²) in [6.45, 7) is 0.176. The first kappa shape index (κ1) is 18.3. The quantitative estimate of drug-likeness (QED) is 0.757. The Balaban J connectivity index is 1.82. The SMILES string of the molecule is O=C(/C=C/c1ccccc1)N(Cc1cccc(F)c1)[C@H]1CCS(=O)(=O)C1. The number of rotatable bonds is 5. The first-order valence-corrected chi connectivity index (χ1v) is 10.2. The van der Waals surface area contributed by atoms with E-state index in [1.165, 1.54) is 23.1 Å².